The predicted octanol–water partition coefficient (Wildman–Crippen LogP) is 6.03. The lowest BCUT2D eigenvalue weighted by Gasteiger charge is -2.36. The summed E-state index contributed by atoms with van der Waals surface area (Å²) < 4.78 is 54.4. The molecule has 0 radical (unpaired) electrons. The standard InChI is InChI=1S/C33H34F3N5O5/c34-33(35,36)46-29-11-7-25(8-12-29)2-1-24-3-5-26(6-4-24)21-38-17-19-39(20-18-38)27-9-13-28(14-10-27)44-23-30-15-16-40-22-31(41(42)43)37-32(40)45-30/h3-14,22,30H,1-2,15-21,23H2. The molecule has 4 aromatic rings. The van der Waals surface area contributed by atoms with Crippen molar-refractivity contribution in [2.24, 2.45) is 0 Å². The van der Waals surface area contributed by atoms with Crippen molar-refractivity contribution in [3.63, 3.8) is 0 Å². The third kappa shape index (κ3) is 8.27. The lowest BCUT2D eigenvalue weighted by molar-refractivity contribution is -0.389. The van der Waals surface area contributed by atoms with E-state index in [1.807, 2.05) is 12.1 Å². The molecule has 1 saturated heterocycles. The van der Waals surface area contributed by atoms with Crippen molar-refractivity contribution in [1.29, 1.82) is 0 Å². The second kappa shape index (κ2) is 13.7. The Morgan fingerprint density at radius 2 is 1.46 bits per heavy atom. The molecular formula is C33H34F3N5O5. The topological polar surface area (TPSA) is 95.1 Å². The summed E-state index contributed by atoms with van der Waals surface area (Å²) >= 11 is 0. The van der Waals surface area contributed by atoms with Crippen molar-refractivity contribution >= 4 is 11.5 Å². The van der Waals surface area contributed by atoms with Crippen molar-refractivity contribution in [3.05, 3.63) is 106 Å². The molecule has 0 spiro atoms. The highest BCUT2D eigenvalue weighted by molar-refractivity contribution is 5.49. The molecule has 13 heteroatoms. The van der Waals surface area contributed by atoms with Gasteiger partial charge >= 0.3 is 18.2 Å². The number of rotatable bonds is 11. The molecule has 0 aliphatic carbocycles. The molecule has 3 heterocycles. The summed E-state index contributed by atoms with van der Waals surface area (Å²) in [5.74, 6) is 0.314. The highest BCUT2D eigenvalue weighted by Crippen LogP contribution is 2.26. The van der Waals surface area contributed by atoms with Crippen LogP contribution >= 0.6 is 0 Å². The number of alkyl halides is 3. The molecule has 2 aliphatic rings. The lowest BCUT2D eigenvalue weighted by Crippen LogP contribution is -2.45. The minimum absolute atomic E-state index is 0.208. The number of aryl methyl sites for hydroxylation is 3. The second-order valence-corrected chi connectivity index (χ2v) is 11.4. The Kier molecular flexibility index (Phi) is 9.29. The molecule has 0 saturated carbocycles. The molecule has 0 bridgehead atoms. The molecule has 0 N–H and O–H groups in total. The first-order valence-corrected chi connectivity index (χ1v) is 15.2. The Hall–Kier alpha value is -4.78. The summed E-state index contributed by atoms with van der Waals surface area (Å²) in [6.45, 7) is 5.52. The maximum atomic E-state index is 12.4. The Balaban J connectivity index is 0.906. The number of aromatic nitrogens is 2. The average molecular weight is 638 g/mol. The molecule has 1 atom stereocenters. The van der Waals surface area contributed by atoms with Crippen LogP contribution in [0.15, 0.2) is 79.0 Å². The Bertz CT molecular complexity index is 1600. The molecule has 6 rings (SSSR count). The Morgan fingerprint density at radius 3 is 2.09 bits per heavy atom. The van der Waals surface area contributed by atoms with E-state index in [4.69, 9.17) is 9.47 Å². The van der Waals surface area contributed by atoms with E-state index in [-0.39, 0.29) is 23.7 Å². The molecule has 2 aliphatic heterocycles. The highest BCUT2D eigenvalue weighted by Gasteiger charge is 2.31. The van der Waals surface area contributed by atoms with Gasteiger partial charge in [-0.3, -0.25) is 9.47 Å². The van der Waals surface area contributed by atoms with Gasteiger partial charge in [-0.1, -0.05) is 36.4 Å². The van der Waals surface area contributed by atoms with Crippen LogP contribution in [0.4, 0.5) is 24.7 Å². The number of hydrogen-bond acceptors (Lipinski definition) is 8. The fourth-order valence-corrected chi connectivity index (χ4v) is 5.66. The number of halogens is 3. The second-order valence-electron chi connectivity index (χ2n) is 11.4. The van der Waals surface area contributed by atoms with E-state index in [0.29, 0.717) is 19.6 Å². The van der Waals surface area contributed by atoms with Crippen molar-refractivity contribution in [3.8, 4) is 17.5 Å². The third-order valence-electron chi connectivity index (χ3n) is 8.18. The normalized spacial score (nSPS) is 16.8. The number of nitrogens with zero attached hydrogens (tertiary/aromatic N) is 5. The molecule has 0 amide bonds. The predicted molar refractivity (Wildman–Crippen MR) is 164 cm³/mol. The van der Waals surface area contributed by atoms with Crippen molar-refractivity contribution < 1.29 is 32.3 Å². The zero-order valence-corrected chi connectivity index (χ0v) is 25.1. The highest BCUT2D eigenvalue weighted by atomic mass is 19.4. The van der Waals surface area contributed by atoms with Gasteiger partial charge in [-0.25, -0.2) is 0 Å². The van der Waals surface area contributed by atoms with Gasteiger partial charge in [0.2, 0.25) is 0 Å². The number of benzene rings is 3. The average Bonchev–Trinajstić information content (AvgIpc) is 3.48. The maximum Gasteiger partial charge on any atom is 0.573 e. The molecule has 1 fully saturated rings. The van der Waals surface area contributed by atoms with Crippen LogP contribution in [-0.4, -0.2) is 64.6 Å². The van der Waals surface area contributed by atoms with Gasteiger partial charge in [0.1, 0.15) is 30.4 Å². The number of hydrogen-bond donors (Lipinski definition) is 0. The number of piperazine rings is 1. The first kappa shape index (κ1) is 31.2. The van der Waals surface area contributed by atoms with E-state index in [1.165, 1.54) is 29.5 Å². The molecule has 1 unspecified atom stereocenters. The van der Waals surface area contributed by atoms with Gasteiger partial charge in [-0.15, -0.1) is 13.2 Å². The van der Waals surface area contributed by atoms with Crippen LogP contribution in [0.2, 0.25) is 0 Å². The van der Waals surface area contributed by atoms with Gasteiger partial charge in [0.25, 0.3) is 0 Å². The van der Waals surface area contributed by atoms with E-state index in [0.717, 1.165) is 62.6 Å². The van der Waals surface area contributed by atoms with Crippen LogP contribution in [0, 0.1) is 10.1 Å². The number of nitro groups is 1. The van der Waals surface area contributed by atoms with E-state index >= 15 is 0 Å². The molecular weight excluding hydrogens is 603 g/mol. The van der Waals surface area contributed by atoms with Crippen LogP contribution in [0.3, 0.4) is 0 Å². The number of imidazole rings is 1. The Morgan fingerprint density at radius 1 is 0.848 bits per heavy atom. The van der Waals surface area contributed by atoms with Crippen LogP contribution in [0.1, 0.15) is 23.1 Å². The van der Waals surface area contributed by atoms with Gasteiger partial charge in [-0.2, -0.15) is 0 Å². The van der Waals surface area contributed by atoms with Crippen LogP contribution in [0.5, 0.6) is 17.5 Å². The third-order valence-corrected chi connectivity index (χ3v) is 8.18. The van der Waals surface area contributed by atoms with Crippen molar-refractivity contribution in [2.45, 2.75) is 44.8 Å². The fraction of sp³-hybridized carbons (Fsp3) is 0.364. The van der Waals surface area contributed by atoms with Crippen LogP contribution in [0.25, 0.3) is 0 Å². The van der Waals surface area contributed by atoms with Gasteiger partial charge in [0.05, 0.1) is 0 Å². The first-order valence-electron chi connectivity index (χ1n) is 15.2. The fourth-order valence-electron chi connectivity index (χ4n) is 5.66. The monoisotopic (exact) mass is 637 g/mol. The number of ether oxygens (including phenoxy) is 3. The van der Waals surface area contributed by atoms with E-state index in [2.05, 4.69) is 55.9 Å². The summed E-state index contributed by atoms with van der Waals surface area (Å²) in [5.41, 5.74) is 4.53. The summed E-state index contributed by atoms with van der Waals surface area (Å²) in [4.78, 5) is 19.2. The van der Waals surface area contributed by atoms with E-state index in [1.54, 1.807) is 16.7 Å². The summed E-state index contributed by atoms with van der Waals surface area (Å²) in [6.07, 6.45) is -1.31. The molecule has 10 nitrogen and oxygen atoms in total. The quantitative estimate of drug-likeness (QED) is 0.145. The minimum atomic E-state index is -4.68. The van der Waals surface area contributed by atoms with Gasteiger partial charge in [0, 0.05) is 56.4 Å². The van der Waals surface area contributed by atoms with E-state index in [9.17, 15) is 23.3 Å². The maximum absolute atomic E-state index is 12.4. The summed E-state index contributed by atoms with van der Waals surface area (Å²) in [6, 6.07) is 22.9. The van der Waals surface area contributed by atoms with Gasteiger partial charge < -0.3 is 29.2 Å². The number of anilines is 1. The first-order chi connectivity index (χ1) is 22.2. The van der Waals surface area contributed by atoms with E-state index < -0.39 is 11.3 Å². The van der Waals surface area contributed by atoms with Crippen LogP contribution in [-0.2, 0) is 25.9 Å². The van der Waals surface area contributed by atoms with Gasteiger partial charge in [0.15, 0.2) is 0 Å². The largest absolute Gasteiger partial charge is 0.573 e. The van der Waals surface area contributed by atoms with Crippen LogP contribution < -0.4 is 19.1 Å². The number of fused-ring (bicyclic) bond motifs is 1. The zero-order chi connectivity index (χ0) is 32.1. The lowest BCUT2D eigenvalue weighted by atomic mass is 10.0. The zero-order valence-electron chi connectivity index (χ0n) is 25.1. The minimum Gasteiger partial charge on any atom is -0.490 e. The molecule has 3 aromatic carbocycles. The molecule has 242 valence electrons. The Labute approximate surface area is 264 Å². The molecule has 1 aromatic heterocycles. The molecule has 46 heavy (non-hydrogen) atoms. The van der Waals surface area contributed by atoms with Gasteiger partial charge in [-0.05, 0) is 70.9 Å². The summed E-state index contributed by atoms with van der Waals surface area (Å²) in [5, 5.41) is 11.0. The van der Waals surface area contributed by atoms with Crippen molar-refractivity contribution in [1.82, 2.24) is 14.5 Å². The summed E-state index contributed by atoms with van der Waals surface area (Å²) in [7, 11) is 0. The smallest absolute Gasteiger partial charge is 0.490 e. The van der Waals surface area contributed by atoms with Crippen molar-refractivity contribution in [2.75, 3.05) is 37.7 Å². The SMILES string of the molecule is O=[N+]([O-])c1cn2c(n1)OC(COc1ccc(N3CCN(Cc4ccc(CCc5ccc(OC(F)(F)F)cc5)cc4)CC3)cc1)CC2.